The molecule has 0 saturated carbocycles. The Bertz CT molecular complexity index is 906. The topological polar surface area (TPSA) is 30.5 Å². The van der Waals surface area contributed by atoms with Gasteiger partial charge in [-0.1, -0.05) is 72.8 Å². The van der Waals surface area contributed by atoms with E-state index in [1.165, 1.54) is 5.56 Å². The molecule has 0 aliphatic carbocycles. The van der Waals surface area contributed by atoms with Gasteiger partial charge in [0, 0.05) is 12.0 Å². The molecule has 3 aromatic rings. The van der Waals surface area contributed by atoms with Crippen LogP contribution in [-0.4, -0.2) is 7.11 Å². The molecule has 1 aliphatic heterocycles. The molecule has 0 bridgehead atoms. The molecule has 3 heteroatoms. The third kappa shape index (κ3) is 3.22. The predicted molar refractivity (Wildman–Crippen MR) is 103 cm³/mol. The third-order valence-electron chi connectivity index (χ3n) is 4.67. The van der Waals surface area contributed by atoms with Gasteiger partial charge in [0.05, 0.1) is 12.8 Å². The maximum absolute atomic E-state index is 6.19. The predicted octanol–water partition coefficient (Wildman–Crippen LogP) is 4.71. The van der Waals surface area contributed by atoms with E-state index in [0.717, 1.165) is 29.0 Å². The molecule has 0 radical (unpaired) electrons. The highest BCUT2D eigenvalue weighted by molar-refractivity contribution is 5.67. The molecular formula is C23H21NO2. The summed E-state index contributed by atoms with van der Waals surface area (Å²) in [6.45, 7) is 0. The minimum absolute atomic E-state index is 0.555. The van der Waals surface area contributed by atoms with E-state index in [-0.39, 0.29) is 0 Å². The number of rotatable bonds is 5. The highest BCUT2D eigenvalue weighted by Gasteiger charge is 2.37. The van der Waals surface area contributed by atoms with E-state index in [4.69, 9.17) is 9.57 Å². The SMILES string of the molecule is COc1cccc(C2=CC(Cc3ccccc3)(c3ccccc3)ON2)c1. The van der Waals surface area contributed by atoms with Crippen LogP contribution in [0, 0.1) is 0 Å². The zero-order valence-electron chi connectivity index (χ0n) is 14.7. The van der Waals surface area contributed by atoms with Gasteiger partial charge >= 0.3 is 0 Å². The van der Waals surface area contributed by atoms with Crippen molar-refractivity contribution in [3.63, 3.8) is 0 Å². The van der Waals surface area contributed by atoms with Crippen molar-refractivity contribution in [1.29, 1.82) is 0 Å². The van der Waals surface area contributed by atoms with Gasteiger partial charge in [0.25, 0.3) is 0 Å². The Morgan fingerprint density at radius 1 is 0.885 bits per heavy atom. The van der Waals surface area contributed by atoms with Crippen molar-refractivity contribution in [1.82, 2.24) is 5.48 Å². The maximum Gasteiger partial charge on any atom is 0.145 e. The number of hydrogen-bond acceptors (Lipinski definition) is 3. The second-order valence-electron chi connectivity index (χ2n) is 6.41. The number of hydrogen-bond donors (Lipinski definition) is 1. The number of ether oxygens (including phenoxy) is 1. The van der Waals surface area contributed by atoms with E-state index in [2.05, 4.69) is 48.0 Å². The summed E-state index contributed by atoms with van der Waals surface area (Å²) >= 11 is 0. The first-order chi connectivity index (χ1) is 12.8. The molecule has 4 rings (SSSR count). The molecule has 0 saturated heterocycles. The van der Waals surface area contributed by atoms with Crippen LogP contribution in [0.1, 0.15) is 16.7 Å². The van der Waals surface area contributed by atoms with Crippen LogP contribution in [0.2, 0.25) is 0 Å². The van der Waals surface area contributed by atoms with Crippen LogP contribution in [0.15, 0.2) is 91.0 Å². The average Bonchev–Trinajstić information content (AvgIpc) is 3.15. The van der Waals surface area contributed by atoms with Gasteiger partial charge in [-0.05, 0) is 29.3 Å². The van der Waals surface area contributed by atoms with E-state index < -0.39 is 5.60 Å². The van der Waals surface area contributed by atoms with Crippen LogP contribution in [-0.2, 0) is 16.9 Å². The summed E-state index contributed by atoms with van der Waals surface area (Å²) in [4.78, 5) is 6.19. The van der Waals surface area contributed by atoms with Gasteiger partial charge in [0.2, 0.25) is 0 Å². The second kappa shape index (κ2) is 7.06. The molecule has 0 aromatic heterocycles. The molecule has 1 heterocycles. The number of methoxy groups -OCH3 is 1. The summed E-state index contributed by atoms with van der Waals surface area (Å²) in [5.74, 6) is 0.825. The molecule has 0 fully saturated rings. The van der Waals surface area contributed by atoms with Gasteiger partial charge in [0.15, 0.2) is 0 Å². The van der Waals surface area contributed by atoms with Crippen molar-refractivity contribution in [3.05, 3.63) is 108 Å². The fourth-order valence-corrected chi connectivity index (χ4v) is 3.32. The summed E-state index contributed by atoms with van der Waals surface area (Å²) in [5, 5.41) is 0. The van der Waals surface area contributed by atoms with Gasteiger partial charge < -0.3 is 4.74 Å². The Kier molecular flexibility index (Phi) is 4.46. The Labute approximate surface area is 153 Å². The summed E-state index contributed by atoms with van der Waals surface area (Å²) < 4.78 is 5.35. The number of benzene rings is 3. The fraction of sp³-hybridized carbons (Fsp3) is 0.130. The van der Waals surface area contributed by atoms with Crippen molar-refractivity contribution in [2.75, 3.05) is 7.11 Å². The first-order valence-corrected chi connectivity index (χ1v) is 8.70. The molecule has 1 N–H and O–H groups in total. The van der Waals surface area contributed by atoms with Crippen molar-refractivity contribution < 1.29 is 9.57 Å². The first-order valence-electron chi connectivity index (χ1n) is 8.70. The van der Waals surface area contributed by atoms with E-state index in [0.29, 0.717) is 0 Å². The van der Waals surface area contributed by atoms with Crippen LogP contribution < -0.4 is 10.2 Å². The lowest BCUT2D eigenvalue weighted by Crippen LogP contribution is -2.29. The minimum Gasteiger partial charge on any atom is -0.497 e. The lowest BCUT2D eigenvalue weighted by Gasteiger charge is -2.26. The fourth-order valence-electron chi connectivity index (χ4n) is 3.32. The van der Waals surface area contributed by atoms with Crippen LogP contribution in [0.4, 0.5) is 0 Å². The second-order valence-corrected chi connectivity index (χ2v) is 6.41. The number of hydroxylamine groups is 1. The summed E-state index contributed by atoms with van der Waals surface area (Å²) in [5.41, 5.74) is 6.91. The Balaban J connectivity index is 1.76. The van der Waals surface area contributed by atoms with Crippen LogP contribution in [0.25, 0.3) is 5.70 Å². The standard InChI is InChI=1S/C23H21NO2/c1-25-21-14-8-11-19(15-21)22-17-23(26-24-22,20-12-6-3-7-13-20)16-18-9-4-2-5-10-18/h2-15,17,24H,16H2,1H3. The summed E-state index contributed by atoms with van der Waals surface area (Å²) in [6, 6.07) is 28.7. The van der Waals surface area contributed by atoms with Gasteiger partial charge in [-0.25, -0.2) is 0 Å². The van der Waals surface area contributed by atoms with Crippen LogP contribution >= 0.6 is 0 Å². The average molecular weight is 343 g/mol. The molecule has 1 unspecified atom stereocenters. The van der Waals surface area contributed by atoms with Gasteiger partial charge in [-0.3, -0.25) is 10.3 Å². The summed E-state index contributed by atoms with van der Waals surface area (Å²) in [6.07, 6.45) is 2.92. The summed E-state index contributed by atoms with van der Waals surface area (Å²) in [7, 11) is 1.68. The zero-order chi connectivity index (χ0) is 17.8. The van der Waals surface area contributed by atoms with E-state index in [9.17, 15) is 0 Å². The highest BCUT2D eigenvalue weighted by Crippen LogP contribution is 2.38. The van der Waals surface area contributed by atoms with Crippen molar-refractivity contribution in [2.45, 2.75) is 12.0 Å². The quantitative estimate of drug-likeness (QED) is 0.728. The minimum atomic E-state index is -0.555. The molecule has 0 amide bonds. The monoisotopic (exact) mass is 343 g/mol. The van der Waals surface area contributed by atoms with E-state index in [1.54, 1.807) is 7.11 Å². The lowest BCUT2D eigenvalue weighted by molar-refractivity contribution is -0.0380. The van der Waals surface area contributed by atoms with E-state index >= 15 is 0 Å². The highest BCUT2D eigenvalue weighted by atomic mass is 16.7. The zero-order valence-corrected chi connectivity index (χ0v) is 14.7. The van der Waals surface area contributed by atoms with Crippen LogP contribution in [0.5, 0.6) is 5.75 Å². The Hall–Kier alpha value is -3.04. The molecule has 3 aromatic carbocycles. The largest absolute Gasteiger partial charge is 0.497 e. The maximum atomic E-state index is 6.19. The lowest BCUT2D eigenvalue weighted by atomic mass is 9.86. The van der Waals surface area contributed by atoms with Gasteiger partial charge in [0.1, 0.15) is 11.4 Å². The molecule has 1 atom stereocenters. The van der Waals surface area contributed by atoms with Gasteiger partial charge in [-0.15, -0.1) is 0 Å². The third-order valence-corrected chi connectivity index (χ3v) is 4.67. The number of nitrogens with one attached hydrogen (secondary N) is 1. The molecule has 0 spiro atoms. The molecule has 3 nitrogen and oxygen atoms in total. The normalized spacial score (nSPS) is 18.9. The van der Waals surface area contributed by atoms with Gasteiger partial charge in [-0.2, -0.15) is 0 Å². The molecular weight excluding hydrogens is 322 g/mol. The first kappa shape index (κ1) is 16.4. The Morgan fingerprint density at radius 2 is 1.62 bits per heavy atom. The molecule has 130 valence electrons. The molecule has 26 heavy (non-hydrogen) atoms. The van der Waals surface area contributed by atoms with Crippen molar-refractivity contribution in [3.8, 4) is 5.75 Å². The smallest absolute Gasteiger partial charge is 0.145 e. The molecule has 1 aliphatic rings. The van der Waals surface area contributed by atoms with Crippen LogP contribution in [0.3, 0.4) is 0 Å². The van der Waals surface area contributed by atoms with E-state index in [1.807, 2.05) is 48.5 Å². The Morgan fingerprint density at radius 3 is 2.35 bits per heavy atom. The van der Waals surface area contributed by atoms with Crippen molar-refractivity contribution in [2.24, 2.45) is 0 Å². The van der Waals surface area contributed by atoms with Crippen molar-refractivity contribution >= 4 is 5.70 Å².